The number of hydrogen-bond donors (Lipinski definition) is 2. The number of amides is 1. The molecule has 2 N–H and O–H groups in total. The van der Waals surface area contributed by atoms with Crippen LogP contribution in [-0.2, 0) is 4.79 Å². The number of rotatable bonds is 2. The summed E-state index contributed by atoms with van der Waals surface area (Å²) in [7, 11) is 0. The van der Waals surface area contributed by atoms with Crippen molar-refractivity contribution in [2.45, 2.75) is 31.7 Å². The van der Waals surface area contributed by atoms with Gasteiger partial charge in [0.15, 0.2) is 5.15 Å². The second kappa shape index (κ2) is 6.50. The Balaban J connectivity index is 2.03. The van der Waals surface area contributed by atoms with E-state index in [4.69, 9.17) is 11.6 Å². The summed E-state index contributed by atoms with van der Waals surface area (Å²) in [6, 6.07) is 1.62. The molecule has 1 aliphatic rings. The third-order valence-corrected chi connectivity index (χ3v) is 3.68. The highest BCUT2D eigenvalue weighted by Gasteiger charge is 2.20. The summed E-state index contributed by atoms with van der Waals surface area (Å²) >= 11 is 9.25. The van der Waals surface area contributed by atoms with E-state index in [9.17, 15) is 4.79 Å². The molecule has 0 radical (unpaired) electrons. The van der Waals surface area contributed by atoms with Crippen LogP contribution in [0.15, 0.2) is 16.7 Å². The number of carbonyl (C=O) groups is 1. The lowest BCUT2D eigenvalue weighted by molar-refractivity contribution is -0.118. The maximum Gasteiger partial charge on any atom is 0.241 e. The van der Waals surface area contributed by atoms with Crippen molar-refractivity contribution >= 4 is 39.1 Å². The summed E-state index contributed by atoms with van der Waals surface area (Å²) in [4.78, 5) is 16.1. The van der Waals surface area contributed by atoms with Gasteiger partial charge in [0.1, 0.15) is 0 Å². The number of nitrogens with zero attached hydrogens (tertiary/aromatic N) is 1. The van der Waals surface area contributed by atoms with Crippen molar-refractivity contribution in [2.24, 2.45) is 0 Å². The summed E-state index contributed by atoms with van der Waals surface area (Å²) in [5.74, 6) is -0.0429. The first-order chi connectivity index (χ1) is 8.66. The van der Waals surface area contributed by atoms with Crippen molar-refractivity contribution in [1.29, 1.82) is 0 Å². The Hall–Kier alpha value is -0.650. The fourth-order valence-electron chi connectivity index (χ4n) is 1.98. The van der Waals surface area contributed by atoms with Gasteiger partial charge in [0.05, 0.1) is 11.7 Å². The van der Waals surface area contributed by atoms with Crippen LogP contribution in [-0.4, -0.2) is 23.5 Å². The molecule has 2 heterocycles. The lowest BCUT2D eigenvalue weighted by Gasteiger charge is -2.16. The largest absolute Gasteiger partial charge is 0.322 e. The Bertz CT molecular complexity index is 433. The minimum atomic E-state index is -0.137. The number of hydrogen-bond acceptors (Lipinski definition) is 3. The molecule has 1 atom stereocenters. The van der Waals surface area contributed by atoms with E-state index in [1.807, 2.05) is 0 Å². The predicted molar refractivity (Wildman–Crippen MR) is 75.8 cm³/mol. The number of halogens is 2. The number of anilines is 1. The van der Waals surface area contributed by atoms with Gasteiger partial charge >= 0.3 is 0 Å². The molecule has 1 aliphatic heterocycles. The first kappa shape index (κ1) is 13.8. The zero-order chi connectivity index (χ0) is 13.0. The molecule has 4 nitrogen and oxygen atoms in total. The van der Waals surface area contributed by atoms with Crippen molar-refractivity contribution in [3.8, 4) is 0 Å². The topological polar surface area (TPSA) is 54.0 Å². The normalized spacial score (nSPS) is 20.2. The minimum Gasteiger partial charge on any atom is -0.322 e. The van der Waals surface area contributed by atoms with Crippen LogP contribution in [0.4, 0.5) is 5.69 Å². The van der Waals surface area contributed by atoms with E-state index in [2.05, 4.69) is 31.5 Å². The highest BCUT2D eigenvalue weighted by atomic mass is 79.9. The van der Waals surface area contributed by atoms with E-state index in [-0.39, 0.29) is 11.9 Å². The van der Waals surface area contributed by atoms with E-state index in [0.29, 0.717) is 10.8 Å². The molecule has 1 aromatic heterocycles. The maximum atomic E-state index is 12.1. The molecule has 0 saturated carbocycles. The monoisotopic (exact) mass is 331 g/mol. The number of pyridine rings is 1. The molecule has 1 saturated heterocycles. The van der Waals surface area contributed by atoms with Crippen molar-refractivity contribution in [3.05, 3.63) is 21.9 Å². The molecule has 6 heteroatoms. The Morgan fingerprint density at radius 3 is 3.17 bits per heavy atom. The fraction of sp³-hybridized carbons (Fsp3) is 0.500. The average Bonchev–Trinajstić information content (AvgIpc) is 2.62. The van der Waals surface area contributed by atoms with Crippen LogP contribution in [0.5, 0.6) is 0 Å². The Kier molecular flexibility index (Phi) is 4.97. The van der Waals surface area contributed by atoms with E-state index in [1.165, 1.54) is 6.42 Å². The first-order valence-electron chi connectivity index (χ1n) is 6.02. The van der Waals surface area contributed by atoms with E-state index < -0.39 is 0 Å². The summed E-state index contributed by atoms with van der Waals surface area (Å²) in [6.45, 7) is 0.891. The molecular formula is C12H15BrClN3O. The molecule has 1 fully saturated rings. The fourth-order valence-corrected chi connectivity index (χ4v) is 2.46. The van der Waals surface area contributed by atoms with Crippen LogP contribution < -0.4 is 10.6 Å². The Labute approximate surface area is 120 Å². The molecule has 18 heavy (non-hydrogen) atoms. The second-order valence-corrected chi connectivity index (χ2v) is 5.61. The van der Waals surface area contributed by atoms with Crippen LogP contribution in [0.2, 0.25) is 5.15 Å². The van der Waals surface area contributed by atoms with Gasteiger partial charge in [-0.05, 0) is 41.4 Å². The molecule has 0 aromatic carbocycles. The first-order valence-corrected chi connectivity index (χ1v) is 7.19. The summed E-state index contributed by atoms with van der Waals surface area (Å²) in [5.41, 5.74) is 0.544. The molecule has 2 rings (SSSR count). The van der Waals surface area contributed by atoms with Gasteiger partial charge in [-0.25, -0.2) is 4.98 Å². The van der Waals surface area contributed by atoms with Crippen LogP contribution in [0.1, 0.15) is 25.7 Å². The zero-order valence-corrected chi connectivity index (χ0v) is 12.2. The standard InChI is InChI=1S/C12H15BrClN3O/c13-8-6-10(11(14)16-7-8)17-12(18)9-4-2-1-3-5-15-9/h6-7,9,15H,1-5H2,(H,17,18). The molecule has 0 aliphatic carbocycles. The van der Waals surface area contributed by atoms with Crippen LogP contribution in [0.3, 0.4) is 0 Å². The maximum absolute atomic E-state index is 12.1. The van der Waals surface area contributed by atoms with Crippen molar-refractivity contribution < 1.29 is 4.79 Å². The summed E-state index contributed by atoms with van der Waals surface area (Å²) in [5, 5.41) is 6.38. The molecule has 1 unspecified atom stereocenters. The lowest BCUT2D eigenvalue weighted by atomic mass is 10.1. The minimum absolute atomic E-state index is 0.0429. The van der Waals surface area contributed by atoms with Crippen LogP contribution in [0.25, 0.3) is 0 Å². The van der Waals surface area contributed by atoms with Gasteiger partial charge < -0.3 is 10.6 Å². The van der Waals surface area contributed by atoms with Crippen LogP contribution >= 0.6 is 27.5 Å². The second-order valence-electron chi connectivity index (χ2n) is 4.34. The van der Waals surface area contributed by atoms with Gasteiger partial charge in [0, 0.05) is 10.7 Å². The SMILES string of the molecule is O=C(Nc1cc(Br)cnc1Cl)C1CCCCCN1. The Morgan fingerprint density at radius 1 is 1.50 bits per heavy atom. The number of carbonyl (C=O) groups excluding carboxylic acids is 1. The third kappa shape index (κ3) is 3.67. The molecule has 1 aromatic rings. The molecule has 1 amide bonds. The lowest BCUT2D eigenvalue weighted by Crippen LogP contribution is -2.39. The van der Waals surface area contributed by atoms with Crippen molar-refractivity contribution in [2.75, 3.05) is 11.9 Å². The van der Waals surface area contributed by atoms with E-state index >= 15 is 0 Å². The van der Waals surface area contributed by atoms with Crippen molar-refractivity contribution in [3.63, 3.8) is 0 Å². The number of nitrogens with one attached hydrogen (secondary N) is 2. The van der Waals surface area contributed by atoms with Gasteiger partial charge in [0.2, 0.25) is 5.91 Å². The molecule has 0 spiro atoms. The van der Waals surface area contributed by atoms with Gasteiger partial charge in [-0.15, -0.1) is 0 Å². The highest BCUT2D eigenvalue weighted by Crippen LogP contribution is 2.23. The highest BCUT2D eigenvalue weighted by molar-refractivity contribution is 9.10. The summed E-state index contributed by atoms with van der Waals surface area (Å²) < 4.78 is 0.788. The van der Waals surface area contributed by atoms with Gasteiger partial charge in [-0.3, -0.25) is 4.79 Å². The van der Waals surface area contributed by atoms with Gasteiger partial charge in [-0.1, -0.05) is 24.4 Å². The Morgan fingerprint density at radius 2 is 2.33 bits per heavy atom. The average molecular weight is 333 g/mol. The summed E-state index contributed by atoms with van der Waals surface area (Å²) in [6.07, 6.45) is 5.85. The predicted octanol–water partition coefficient (Wildman–Crippen LogP) is 2.97. The molecule has 0 bridgehead atoms. The quantitative estimate of drug-likeness (QED) is 0.819. The van der Waals surface area contributed by atoms with Crippen LogP contribution in [0, 0.1) is 0 Å². The van der Waals surface area contributed by atoms with E-state index in [1.54, 1.807) is 12.3 Å². The number of aromatic nitrogens is 1. The van der Waals surface area contributed by atoms with Gasteiger partial charge in [-0.2, -0.15) is 0 Å². The van der Waals surface area contributed by atoms with Crippen molar-refractivity contribution in [1.82, 2.24) is 10.3 Å². The van der Waals surface area contributed by atoms with Gasteiger partial charge in [0.25, 0.3) is 0 Å². The smallest absolute Gasteiger partial charge is 0.241 e. The molecule has 98 valence electrons. The third-order valence-electron chi connectivity index (χ3n) is 2.94. The molecular weight excluding hydrogens is 318 g/mol. The van der Waals surface area contributed by atoms with E-state index in [0.717, 1.165) is 30.3 Å². The zero-order valence-electron chi connectivity index (χ0n) is 9.88.